The Hall–Kier alpha value is -0.480. The standard InChI is InChI=1S/C9H13F2NS/c1-6-3-8(7(2)13-6)4-9(10,11)5-12/h3H,4-5,12H2,1-2H3. The summed E-state index contributed by atoms with van der Waals surface area (Å²) in [6.07, 6.45) is -0.236. The number of thiophene rings is 1. The molecule has 1 heterocycles. The van der Waals surface area contributed by atoms with Crippen molar-refractivity contribution in [2.24, 2.45) is 5.73 Å². The van der Waals surface area contributed by atoms with Gasteiger partial charge in [-0.2, -0.15) is 0 Å². The second-order valence-corrected chi connectivity index (χ2v) is 4.64. The van der Waals surface area contributed by atoms with E-state index in [2.05, 4.69) is 0 Å². The Balaban J connectivity index is 2.79. The molecule has 0 saturated heterocycles. The first-order valence-electron chi connectivity index (χ1n) is 4.08. The van der Waals surface area contributed by atoms with Crippen LogP contribution in [0.15, 0.2) is 6.07 Å². The summed E-state index contributed by atoms with van der Waals surface area (Å²) in [6.45, 7) is 3.20. The predicted octanol–water partition coefficient (Wildman–Crippen LogP) is 2.50. The maximum Gasteiger partial charge on any atom is 0.264 e. The molecule has 0 bridgehead atoms. The van der Waals surface area contributed by atoms with Crippen LogP contribution in [0.1, 0.15) is 15.3 Å². The molecule has 0 spiro atoms. The molecule has 4 heteroatoms. The Labute approximate surface area is 80.6 Å². The number of alkyl halides is 2. The molecule has 1 aromatic rings. The average molecular weight is 205 g/mol. The zero-order valence-electron chi connectivity index (χ0n) is 7.73. The first-order chi connectivity index (χ1) is 5.94. The summed E-state index contributed by atoms with van der Waals surface area (Å²) in [5, 5.41) is 0. The van der Waals surface area contributed by atoms with Crippen LogP contribution in [-0.4, -0.2) is 12.5 Å². The van der Waals surface area contributed by atoms with Gasteiger partial charge in [-0.15, -0.1) is 11.3 Å². The fourth-order valence-corrected chi connectivity index (χ4v) is 2.16. The Kier molecular flexibility index (Phi) is 3.03. The van der Waals surface area contributed by atoms with Gasteiger partial charge in [0.2, 0.25) is 0 Å². The quantitative estimate of drug-likeness (QED) is 0.806. The summed E-state index contributed by atoms with van der Waals surface area (Å²) in [6, 6.07) is 1.81. The van der Waals surface area contributed by atoms with E-state index in [9.17, 15) is 8.78 Å². The van der Waals surface area contributed by atoms with Crippen molar-refractivity contribution in [3.8, 4) is 0 Å². The van der Waals surface area contributed by atoms with Crippen molar-refractivity contribution < 1.29 is 8.78 Å². The van der Waals surface area contributed by atoms with E-state index in [-0.39, 0.29) is 6.42 Å². The minimum Gasteiger partial charge on any atom is -0.325 e. The number of nitrogens with two attached hydrogens (primary N) is 1. The van der Waals surface area contributed by atoms with Crippen LogP contribution in [0.2, 0.25) is 0 Å². The largest absolute Gasteiger partial charge is 0.325 e. The molecule has 0 unspecified atom stereocenters. The molecule has 2 N–H and O–H groups in total. The van der Waals surface area contributed by atoms with E-state index >= 15 is 0 Å². The van der Waals surface area contributed by atoms with Gasteiger partial charge in [-0.1, -0.05) is 0 Å². The van der Waals surface area contributed by atoms with E-state index in [0.29, 0.717) is 0 Å². The van der Waals surface area contributed by atoms with Gasteiger partial charge in [0, 0.05) is 16.2 Å². The first-order valence-corrected chi connectivity index (χ1v) is 4.90. The highest BCUT2D eigenvalue weighted by molar-refractivity contribution is 7.12. The van der Waals surface area contributed by atoms with Crippen LogP contribution in [0.25, 0.3) is 0 Å². The number of rotatable bonds is 3. The maximum atomic E-state index is 12.9. The molecular formula is C9H13F2NS. The summed E-state index contributed by atoms with van der Waals surface area (Å²) in [7, 11) is 0. The average Bonchev–Trinajstić information content (AvgIpc) is 2.30. The zero-order chi connectivity index (χ0) is 10.1. The molecule has 1 rings (SSSR count). The third-order valence-electron chi connectivity index (χ3n) is 1.89. The van der Waals surface area contributed by atoms with Gasteiger partial charge in [0.05, 0.1) is 6.54 Å². The van der Waals surface area contributed by atoms with E-state index in [1.54, 1.807) is 11.3 Å². The zero-order valence-corrected chi connectivity index (χ0v) is 8.55. The fourth-order valence-electron chi connectivity index (χ4n) is 1.21. The monoisotopic (exact) mass is 205 g/mol. The third kappa shape index (κ3) is 2.74. The van der Waals surface area contributed by atoms with Crippen molar-refractivity contribution >= 4 is 11.3 Å². The summed E-state index contributed by atoms with van der Waals surface area (Å²) in [4.78, 5) is 2.03. The minimum absolute atomic E-state index is 0.236. The lowest BCUT2D eigenvalue weighted by Crippen LogP contribution is -2.30. The summed E-state index contributed by atoms with van der Waals surface area (Å²) in [5.74, 6) is -2.77. The highest BCUT2D eigenvalue weighted by Gasteiger charge is 2.28. The normalized spacial score (nSPS) is 12.1. The molecule has 0 aliphatic heterocycles. The van der Waals surface area contributed by atoms with Crippen molar-refractivity contribution in [3.63, 3.8) is 0 Å². The molecule has 0 amide bonds. The molecule has 0 fully saturated rings. The first kappa shape index (κ1) is 10.6. The van der Waals surface area contributed by atoms with Gasteiger partial charge < -0.3 is 5.73 Å². The molecular weight excluding hydrogens is 192 g/mol. The molecule has 0 aliphatic carbocycles. The molecule has 0 aliphatic rings. The molecule has 0 aromatic carbocycles. The molecule has 0 radical (unpaired) electrons. The van der Waals surface area contributed by atoms with E-state index in [1.807, 2.05) is 19.9 Å². The summed E-state index contributed by atoms with van der Waals surface area (Å²) < 4.78 is 25.8. The predicted molar refractivity (Wildman–Crippen MR) is 51.5 cm³/mol. The second kappa shape index (κ2) is 3.72. The molecule has 1 aromatic heterocycles. The van der Waals surface area contributed by atoms with E-state index in [1.165, 1.54) is 0 Å². The smallest absolute Gasteiger partial charge is 0.264 e. The molecule has 74 valence electrons. The number of halogens is 2. The topological polar surface area (TPSA) is 26.0 Å². The second-order valence-electron chi connectivity index (χ2n) is 3.18. The Morgan fingerprint density at radius 1 is 1.46 bits per heavy atom. The van der Waals surface area contributed by atoms with Crippen LogP contribution in [0.3, 0.4) is 0 Å². The maximum absolute atomic E-state index is 12.9. The van der Waals surface area contributed by atoms with Crippen LogP contribution in [0, 0.1) is 13.8 Å². The van der Waals surface area contributed by atoms with Gasteiger partial charge in [0.15, 0.2) is 0 Å². The minimum atomic E-state index is -2.77. The highest BCUT2D eigenvalue weighted by atomic mass is 32.1. The molecule has 1 nitrogen and oxygen atoms in total. The Bertz CT molecular complexity index is 294. The van der Waals surface area contributed by atoms with Crippen LogP contribution < -0.4 is 5.73 Å². The highest BCUT2D eigenvalue weighted by Crippen LogP contribution is 2.26. The van der Waals surface area contributed by atoms with Crippen molar-refractivity contribution in [3.05, 3.63) is 21.4 Å². The van der Waals surface area contributed by atoms with Crippen molar-refractivity contribution in [2.45, 2.75) is 26.2 Å². The Morgan fingerprint density at radius 3 is 2.46 bits per heavy atom. The van der Waals surface area contributed by atoms with Gasteiger partial charge in [-0.25, -0.2) is 8.78 Å². The van der Waals surface area contributed by atoms with Crippen LogP contribution in [0.4, 0.5) is 8.78 Å². The molecule has 13 heavy (non-hydrogen) atoms. The number of hydrogen-bond acceptors (Lipinski definition) is 2. The van der Waals surface area contributed by atoms with Crippen LogP contribution >= 0.6 is 11.3 Å². The van der Waals surface area contributed by atoms with E-state index < -0.39 is 12.5 Å². The van der Waals surface area contributed by atoms with E-state index in [4.69, 9.17) is 5.73 Å². The van der Waals surface area contributed by atoms with Crippen LogP contribution in [0.5, 0.6) is 0 Å². The summed E-state index contributed by atoms with van der Waals surface area (Å²) >= 11 is 1.55. The summed E-state index contributed by atoms with van der Waals surface area (Å²) in [5.41, 5.74) is 5.68. The SMILES string of the molecule is Cc1cc(CC(F)(F)CN)c(C)s1. The van der Waals surface area contributed by atoms with Crippen molar-refractivity contribution in [1.29, 1.82) is 0 Å². The van der Waals surface area contributed by atoms with Crippen molar-refractivity contribution in [2.75, 3.05) is 6.54 Å². The molecule has 0 atom stereocenters. The van der Waals surface area contributed by atoms with Crippen LogP contribution in [-0.2, 0) is 6.42 Å². The van der Waals surface area contributed by atoms with Crippen molar-refractivity contribution in [1.82, 2.24) is 0 Å². The van der Waals surface area contributed by atoms with Gasteiger partial charge in [0.1, 0.15) is 0 Å². The number of aryl methyl sites for hydroxylation is 2. The third-order valence-corrected chi connectivity index (χ3v) is 2.90. The lowest BCUT2D eigenvalue weighted by Gasteiger charge is -2.12. The van der Waals surface area contributed by atoms with Gasteiger partial charge >= 0.3 is 0 Å². The lowest BCUT2D eigenvalue weighted by atomic mass is 10.1. The number of hydrogen-bond donors (Lipinski definition) is 1. The fraction of sp³-hybridized carbons (Fsp3) is 0.556. The van der Waals surface area contributed by atoms with Gasteiger partial charge in [0.25, 0.3) is 5.92 Å². The van der Waals surface area contributed by atoms with Gasteiger partial charge in [-0.05, 0) is 25.5 Å². The van der Waals surface area contributed by atoms with Gasteiger partial charge in [-0.3, -0.25) is 0 Å². The van der Waals surface area contributed by atoms with E-state index in [0.717, 1.165) is 15.3 Å². The lowest BCUT2D eigenvalue weighted by molar-refractivity contribution is 0.0114. The molecule has 0 saturated carbocycles. The Morgan fingerprint density at radius 2 is 2.08 bits per heavy atom.